The summed E-state index contributed by atoms with van der Waals surface area (Å²) < 4.78 is 1.44. The van der Waals surface area contributed by atoms with Gasteiger partial charge in [0.05, 0.1) is 16.6 Å². The van der Waals surface area contributed by atoms with Crippen LogP contribution < -0.4 is 5.56 Å². The molecule has 0 spiro atoms. The van der Waals surface area contributed by atoms with Crippen molar-refractivity contribution in [1.82, 2.24) is 24.3 Å². The SMILES string of the molecule is Cc1c(C(=O)N(CCN(C)C)Cc2cccnc2)sc2ncn(C)c(=O)c12. The third-order valence-corrected chi connectivity index (χ3v) is 5.59. The van der Waals surface area contributed by atoms with E-state index in [1.807, 2.05) is 38.1 Å². The normalized spacial score (nSPS) is 11.3. The van der Waals surface area contributed by atoms with Gasteiger partial charge in [-0.15, -0.1) is 11.3 Å². The molecule has 0 saturated heterocycles. The first kappa shape index (κ1) is 19.2. The summed E-state index contributed by atoms with van der Waals surface area (Å²) in [5.41, 5.74) is 1.55. The maximum absolute atomic E-state index is 13.3. The van der Waals surface area contributed by atoms with Crippen LogP contribution in [0.15, 0.2) is 35.6 Å². The molecule has 0 aliphatic carbocycles. The van der Waals surface area contributed by atoms with E-state index in [1.165, 1.54) is 22.2 Å². The Morgan fingerprint density at radius 3 is 2.74 bits per heavy atom. The lowest BCUT2D eigenvalue weighted by Crippen LogP contribution is -2.36. The van der Waals surface area contributed by atoms with Crippen molar-refractivity contribution in [2.75, 3.05) is 27.2 Å². The van der Waals surface area contributed by atoms with Crippen LogP contribution in [0.25, 0.3) is 10.2 Å². The fourth-order valence-electron chi connectivity index (χ4n) is 2.84. The van der Waals surface area contributed by atoms with E-state index in [0.29, 0.717) is 33.7 Å². The summed E-state index contributed by atoms with van der Waals surface area (Å²) in [4.78, 5) is 39.2. The van der Waals surface area contributed by atoms with Gasteiger partial charge in [-0.05, 0) is 38.2 Å². The quantitative estimate of drug-likeness (QED) is 0.648. The molecule has 0 N–H and O–H groups in total. The van der Waals surface area contributed by atoms with Crippen molar-refractivity contribution in [3.8, 4) is 0 Å². The standard InChI is InChI=1S/C19H23N5O2S/c1-13-15-17(21-12-23(4)18(15)25)27-16(13)19(26)24(9-8-22(2)3)11-14-6-5-7-20-10-14/h5-7,10,12H,8-9,11H2,1-4H3. The van der Waals surface area contributed by atoms with Crippen LogP contribution in [0.3, 0.4) is 0 Å². The molecule has 3 aromatic rings. The maximum atomic E-state index is 13.3. The smallest absolute Gasteiger partial charge is 0.264 e. The first-order chi connectivity index (χ1) is 12.9. The van der Waals surface area contributed by atoms with E-state index < -0.39 is 0 Å². The second kappa shape index (κ2) is 7.98. The van der Waals surface area contributed by atoms with Gasteiger partial charge in [0.2, 0.25) is 0 Å². The number of aryl methyl sites for hydroxylation is 2. The van der Waals surface area contributed by atoms with Gasteiger partial charge < -0.3 is 14.4 Å². The molecule has 27 heavy (non-hydrogen) atoms. The molecule has 0 aromatic carbocycles. The number of nitrogens with zero attached hydrogens (tertiary/aromatic N) is 5. The summed E-state index contributed by atoms with van der Waals surface area (Å²) in [6.45, 7) is 3.62. The van der Waals surface area contributed by atoms with E-state index >= 15 is 0 Å². The molecule has 0 radical (unpaired) electrons. The summed E-state index contributed by atoms with van der Waals surface area (Å²) in [7, 11) is 5.62. The molecule has 142 valence electrons. The van der Waals surface area contributed by atoms with E-state index in [4.69, 9.17) is 0 Å². The van der Waals surface area contributed by atoms with Crippen LogP contribution in [-0.4, -0.2) is 57.4 Å². The fourth-order valence-corrected chi connectivity index (χ4v) is 3.95. The van der Waals surface area contributed by atoms with Crippen LogP contribution in [0, 0.1) is 6.92 Å². The lowest BCUT2D eigenvalue weighted by molar-refractivity contribution is 0.0736. The molecule has 0 bridgehead atoms. The van der Waals surface area contributed by atoms with Crippen molar-refractivity contribution in [2.24, 2.45) is 7.05 Å². The van der Waals surface area contributed by atoms with Gasteiger partial charge in [0.25, 0.3) is 11.5 Å². The molecule has 3 aromatic heterocycles. The second-order valence-corrected chi connectivity index (χ2v) is 7.79. The lowest BCUT2D eigenvalue weighted by Gasteiger charge is -2.24. The number of pyridine rings is 1. The van der Waals surface area contributed by atoms with E-state index in [0.717, 1.165) is 12.1 Å². The van der Waals surface area contributed by atoms with Crippen molar-refractivity contribution < 1.29 is 4.79 Å². The first-order valence-electron chi connectivity index (χ1n) is 8.66. The van der Waals surface area contributed by atoms with Gasteiger partial charge in [0.1, 0.15) is 4.83 Å². The molecule has 0 aliphatic rings. The van der Waals surface area contributed by atoms with Crippen molar-refractivity contribution in [3.05, 3.63) is 57.2 Å². The minimum absolute atomic E-state index is 0.0803. The number of thiophene rings is 1. The molecule has 1 amide bonds. The summed E-state index contributed by atoms with van der Waals surface area (Å²) >= 11 is 1.28. The third kappa shape index (κ3) is 4.06. The van der Waals surface area contributed by atoms with Crippen molar-refractivity contribution in [2.45, 2.75) is 13.5 Å². The number of carbonyl (C=O) groups excluding carboxylic acids is 1. The van der Waals surface area contributed by atoms with Gasteiger partial charge in [-0.25, -0.2) is 4.98 Å². The number of carbonyl (C=O) groups is 1. The van der Waals surface area contributed by atoms with Gasteiger partial charge >= 0.3 is 0 Å². The van der Waals surface area contributed by atoms with Crippen LogP contribution in [0.5, 0.6) is 0 Å². The zero-order chi connectivity index (χ0) is 19.6. The Hall–Kier alpha value is -2.58. The van der Waals surface area contributed by atoms with Crippen molar-refractivity contribution in [1.29, 1.82) is 0 Å². The second-order valence-electron chi connectivity index (χ2n) is 6.79. The lowest BCUT2D eigenvalue weighted by atomic mass is 10.2. The summed E-state index contributed by atoms with van der Waals surface area (Å²) in [5.74, 6) is -0.0803. The molecule has 0 saturated carbocycles. The topological polar surface area (TPSA) is 71.3 Å². The van der Waals surface area contributed by atoms with Crippen LogP contribution in [-0.2, 0) is 13.6 Å². The van der Waals surface area contributed by atoms with E-state index in [-0.39, 0.29) is 11.5 Å². The number of rotatable bonds is 6. The highest BCUT2D eigenvalue weighted by atomic mass is 32.1. The Morgan fingerprint density at radius 1 is 1.30 bits per heavy atom. The molecule has 0 aliphatic heterocycles. The average Bonchev–Trinajstić information content (AvgIpc) is 2.99. The maximum Gasteiger partial charge on any atom is 0.264 e. The van der Waals surface area contributed by atoms with Gasteiger partial charge in [-0.2, -0.15) is 0 Å². The number of likely N-dealkylation sites (N-methyl/N-ethyl adjacent to an activating group) is 1. The zero-order valence-corrected chi connectivity index (χ0v) is 16.8. The van der Waals surface area contributed by atoms with Crippen molar-refractivity contribution in [3.63, 3.8) is 0 Å². The number of aromatic nitrogens is 3. The predicted molar refractivity (Wildman–Crippen MR) is 107 cm³/mol. The van der Waals surface area contributed by atoms with E-state index in [9.17, 15) is 9.59 Å². The summed E-state index contributed by atoms with van der Waals surface area (Å²) in [6.07, 6.45) is 4.98. The minimum Gasteiger partial charge on any atom is -0.332 e. The summed E-state index contributed by atoms with van der Waals surface area (Å²) in [6, 6.07) is 3.82. The molecule has 7 nitrogen and oxygen atoms in total. The highest BCUT2D eigenvalue weighted by Gasteiger charge is 2.23. The Balaban J connectivity index is 1.98. The largest absolute Gasteiger partial charge is 0.332 e. The van der Waals surface area contributed by atoms with Crippen LogP contribution >= 0.6 is 11.3 Å². The Labute approximate surface area is 161 Å². The van der Waals surface area contributed by atoms with Gasteiger partial charge in [-0.3, -0.25) is 14.6 Å². The Morgan fingerprint density at radius 2 is 2.07 bits per heavy atom. The molecule has 0 fully saturated rings. The summed E-state index contributed by atoms with van der Waals surface area (Å²) in [5, 5.41) is 0.530. The predicted octanol–water partition coefficient (Wildman–Crippen LogP) is 1.90. The van der Waals surface area contributed by atoms with E-state index in [1.54, 1.807) is 24.3 Å². The first-order valence-corrected chi connectivity index (χ1v) is 9.47. The molecule has 3 heterocycles. The van der Waals surface area contributed by atoms with Crippen LogP contribution in [0.2, 0.25) is 0 Å². The molecule has 0 atom stereocenters. The van der Waals surface area contributed by atoms with Crippen LogP contribution in [0.4, 0.5) is 0 Å². The molecule has 3 rings (SSSR count). The van der Waals surface area contributed by atoms with Gasteiger partial charge in [0, 0.05) is 39.1 Å². The zero-order valence-electron chi connectivity index (χ0n) is 16.0. The number of fused-ring (bicyclic) bond motifs is 1. The van der Waals surface area contributed by atoms with Crippen molar-refractivity contribution >= 4 is 27.5 Å². The minimum atomic E-state index is -0.125. The Kier molecular flexibility index (Phi) is 5.67. The molecular formula is C19H23N5O2S. The Bertz CT molecular complexity index is 1010. The number of hydrogen-bond donors (Lipinski definition) is 0. The number of hydrogen-bond acceptors (Lipinski definition) is 6. The number of amides is 1. The van der Waals surface area contributed by atoms with Gasteiger partial charge in [0.15, 0.2) is 0 Å². The molecule has 0 unspecified atom stereocenters. The van der Waals surface area contributed by atoms with Gasteiger partial charge in [-0.1, -0.05) is 6.07 Å². The van der Waals surface area contributed by atoms with Crippen LogP contribution in [0.1, 0.15) is 20.8 Å². The fraction of sp³-hybridized carbons (Fsp3) is 0.368. The van der Waals surface area contributed by atoms with E-state index in [2.05, 4.69) is 9.97 Å². The highest BCUT2D eigenvalue weighted by Crippen LogP contribution is 2.28. The highest BCUT2D eigenvalue weighted by molar-refractivity contribution is 7.20. The monoisotopic (exact) mass is 385 g/mol. The third-order valence-electron chi connectivity index (χ3n) is 4.41. The molecule has 8 heteroatoms. The molecular weight excluding hydrogens is 362 g/mol. The average molecular weight is 385 g/mol.